The summed E-state index contributed by atoms with van der Waals surface area (Å²) in [5.74, 6) is 0.248. The van der Waals surface area contributed by atoms with E-state index in [0.29, 0.717) is 31.1 Å². The molecule has 1 aliphatic heterocycles. The quantitative estimate of drug-likeness (QED) is 0.433. The summed E-state index contributed by atoms with van der Waals surface area (Å²) in [7, 11) is 0. The van der Waals surface area contributed by atoms with Crippen LogP contribution in [-0.4, -0.2) is 52.4 Å². The third kappa shape index (κ3) is 5.73. The third-order valence-corrected chi connectivity index (χ3v) is 6.40. The molecule has 0 bridgehead atoms. The van der Waals surface area contributed by atoms with E-state index < -0.39 is 12.1 Å². The summed E-state index contributed by atoms with van der Waals surface area (Å²) in [6.45, 7) is 7.21. The first-order chi connectivity index (χ1) is 17.0. The molecule has 0 N–H and O–H groups in total. The first kappa shape index (κ1) is 24.5. The molecule has 0 radical (unpaired) electrons. The maximum Gasteiger partial charge on any atom is 0.358 e. The van der Waals surface area contributed by atoms with Gasteiger partial charge in [-0.05, 0) is 62.4 Å². The van der Waals surface area contributed by atoms with E-state index in [0.717, 1.165) is 30.5 Å². The van der Waals surface area contributed by atoms with Gasteiger partial charge in [-0.2, -0.15) is 5.10 Å². The van der Waals surface area contributed by atoms with E-state index in [2.05, 4.69) is 36.3 Å². The molecule has 184 valence electrons. The van der Waals surface area contributed by atoms with E-state index in [1.165, 1.54) is 5.56 Å². The van der Waals surface area contributed by atoms with E-state index in [1.807, 2.05) is 46.0 Å². The molecule has 0 spiro atoms. The molecule has 4 rings (SSSR count). The van der Waals surface area contributed by atoms with Crippen molar-refractivity contribution in [1.29, 1.82) is 0 Å². The molecule has 7 nitrogen and oxygen atoms in total. The van der Waals surface area contributed by atoms with Crippen LogP contribution in [0.4, 0.5) is 0 Å². The molecule has 3 aromatic rings. The number of ether oxygens (including phenoxy) is 2. The average Bonchev–Trinajstić information content (AvgIpc) is 3.35. The van der Waals surface area contributed by atoms with Gasteiger partial charge in [-0.1, -0.05) is 49.4 Å². The molecule has 35 heavy (non-hydrogen) atoms. The number of amides is 1. The van der Waals surface area contributed by atoms with Gasteiger partial charge in [0.15, 0.2) is 11.8 Å². The van der Waals surface area contributed by atoms with E-state index in [-0.39, 0.29) is 11.9 Å². The summed E-state index contributed by atoms with van der Waals surface area (Å²) >= 11 is 0. The first-order valence-corrected chi connectivity index (χ1v) is 12.4. The van der Waals surface area contributed by atoms with Crippen molar-refractivity contribution in [3.8, 4) is 17.0 Å². The largest absolute Gasteiger partial charge is 0.481 e. The number of likely N-dealkylation sites (tertiary alicyclic amines) is 1. The SMILES string of the molecule is CCOC(=O)c1cc(-c2ccc(CC)cc2)n(C2CCN(C(=O)[C@@H](C)Oc3ccccc3)CC2)n1. The summed E-state index contributed by atoms with van der Waals surface area (Å²) in [5, 5.41) is 4.65. The van der Waals surface area contributed by atoms with Crippen molar-refractivity contribution in [3.63, 3.8) is 0 Å². The summed E-state index contributed by atoms with van der Waals surface area (Å²) in [6.07, 6.45) is 1.90. The standard InChI is InChI=1S/C28H33N3O4/c1-4-21-11-13-22(14-12-21)26-19-25(28(33)34-5-2)29-31(26)23-15-17-30(18-16-23)27(32)20(3)35-24-9-7-6-8-10-24/h6-14,19-20,23H,4-5,15-18H2,1-3H3/t20-/m1/s1. The van der Waals surface area contributed by atoms with Crippen LogP contribution in [0.5, 0.6) is 5.75 Å². The van der Waals surface area contributed by atoms with Gasteiger partial charge in [0.05, 0.1) is 18.3 Å². The Morgan fingerprint density at radius 2 is 1.71 bits per heavy atom. The Balaban J connectivity index is 1.48. The number of para-hydroxylation sites is 1. The monoisotopic (exact) mass is 475 g/mol. The Labute approximate surface area is 206 Å². The molecular weight excluding hydrogens is 442 g/mol. The Morgan fingerprint density at radius 1 is 1.03 bits per heavy atom. The molecule has 1 amide bonds. The van der Waals surface area contributed by atoms with E-state index in [1.54, 1.807) is 13.8 Å². The molecule has 1 fully saturated rings. The molecule has 1 aliphatic rings. The highest BCUT2D eigenvalue weighted by Gasteiger charge is 2.30. The molecule has 2 aromatic carbocycles. The van der Waals surface area contributed by atoms with Crippen LogP contribution >= 0.6 is 0 Å². The van der Waals surface area contributed by atoms with Gasteiger partial charge in [0, 0.05) is 13.1 Å². The van der Waals surface area contributed by atoms with Crippen LogP contribution in [0.25, 0.3) is 11.3 Å². The van der Waals surface area contributed by atoms with Gasteiger partial charge >= 0.3 is 5.97 Å². The number of benzene rings is 2. The Kier molecular flexibility index (Phi) is 7.85. The zero-order valence-corrected chi connectivity index (χ0v) is 20.6. The number of nitrogens with zero attached hydrogens (tertiary/aromatic N) is 3. The number of esters is 1. The molecule has 1 aromatic heterocycles. The second kappa shape index (κ2) is 11.2. The lowest BCUT2D eigenvalue weighted by Crippen LogP contribution is -2.45. The van der Waals surface area contributed by atoms with E-state index in [4.69, 9.17) is 9.47 Å². The lowest BCUT2D eigenvalue weighted by Gasteiger charge is -2.34. The lowest BCUT2D eigenvalue weighted by atomic mass is 10.0. The summed E-state index contributed by atoms with van der Waals surface area (Å²) in [5.41, 5.74) is 3.46. The van der Waals surface area contributed by atoms with E-state index in [9.17, 15) is 9.59 Å². The van der Waals surface area contributed by atoms with Gasteiger partial charge in [0.25, 0.3) is 5.91 Å². The summed E-state index contributed by atoms with van der Waals surface area (Å²) < 4.78 is 13.0. The summed E-state index contributed by atoms with van der Waals surface area (Å²) in [4.78, 5) is 27.3. The number of aromatic nitrogens is 2. The predicted molar refractivity (Wildman–Crippen MR) is 134 cm³/mol. The number of piperidine rings is 1. The van der Waals surface area contributed by atoms with Gasteiger partial charge in [-0.25, -0.2) is 4.79 Å². The van der Waals surface area contributed by atoms with Crippen molar-refractivity contribution >= 4 is 11.9 Å². The van der Waals surface area contributed by atoms with Crippen LogP contribution in [0.1, 0.15) is 55.7 Å². The minimum absolute atomic E-state index is 0.0182. The van der Waals surface area contributed by atoms with Gasteiger partial charge in [-0.3, -0.25) is 9.48 Å². The van der Waals surface area contributed by atoms with Gasteiger partial charge in [0.1, 0.15) is 5.75 Å². The Morgan fingerprint density at radius 3 is 2.34 bits per heavy atom. The average molecular weight is 476 g/mol. The smallest absolute Gasteiger partial charge is 0.358 e. The van der Waals surface area contributed by atoms with Crippen molar-refractivity contribution in [1.82, 2.24) is 14.7 Å². The fourth-order valence-corrected chi connectivity index (χ4v) is 4.45. The normalized spacial score (nSPS) is 15.0. The third-order valence-electron chi connectivity index (χ3n) is 6.40. The lowest BCUT2D eigenvalue weighted by molar-refractivity contribution is -0.139. The number of aryl methyl sites for hydroxylation is 1. The van der Waals surface area contributed by atoms with Crippen LogP contribution in [0.15, 0.2) is 60.7 Å². The molecule has 0 aliphatic carbocycles. The van der Waals surface area contributed by atoms with Gasteiger partial charge < -0.3 is 14.4 Å². The number of carbonyl (C=O) groups is 2. The number of rotatable bonds is 8. The molecular formula is C28H33N3O4. The van der Waals surface area contributed by atoms with Crippen molar-refractivity contribution in [2.45, 2.75) is 52.2 Å². The minimum Gasteiger partial charge on any atom is -0.481 e. The van der Waals surface area contributed by atoms with Gasteiger partial charge in [0.2, 0.25) is 0 Å². The minimum atomic E-state index is -0.554. The zero-order chi connectivity index (χ0) is 24.8. The highest BCUT2D eigenvalue weighted by atomic mass is 16.5. The molecule has 2 heterocycles. The Bertz CT molecular complexity index is 1130. The van der Waals surface area contributed by atoms with Crippen LogP contribution in [-0.2, 0) is 16.0 Å². The summed E-state index contributed by atoms with van der Waals surface area (Å²) in [6, 6.07) is 19.6. The Hall–Kier alpha value is -3.61. The molecule has 1 saturated heterocycles. The number of carbonyl (C=O) groups excluding carboxylic acids is 2. The van der Waals surface area contributed by atoms with Crippen LogP contribution in [0.3, 0.4) is 0 Å². The zero-order valence-electron chi connectivity index (χ0n) is 20.6. The van der Waals surface area contributed by atoms with Crippen molar-refractivity contribution in [2.75, 3.05) is 19.7 Å². The maximum atomic E-state index is 13.0. The van der Waals surface area contributed by atoms with Crippen LogP contribution in [0, 0.1) is 0 Å². The molecule has 1 atom stereocenters. The predicted octanol–water partition coefficient (Wildman–Crippen LogP) is 4.92. The van der Waals surface area contributed by atoms with E-state index >= 15 is 0 Å². The van der Waals surface area contributed by atoms with Crippen molar-refractivity contribution < 1.29 is 19.1 Å². The second-order valence-electron chi connectivity index (χ2n) is 8.76. The number of hydrogen-bond donors (Lipinski definition) is 0. The second-order valence-corrected chi connectivity index (χ2v) is 8.76. The van der Waals surface area contributed by atoms with Crippen molar-refractivity contribution in [3.05, 3.63) is 71.9 Å². The topological polar surface area (TPSA) is 73.7 Å². The van der Waals surface area contributed by atoms with Gasteiger partial charge in [-0.15, -0.1) is 0 Å². The molecule has 7 heteroatoms. The van der Waals surface area contributed by atoms with Crippen LogP contribution < -0.4 is 4.74 Å². The van der Waals surface area contributed by atoms with Crippen molar-refractivity contribution in [2.24, 2.45) is 0 Å². The fraction of sp³-hybridized carbons (Fsp3) is 0.393. The molecule has 0 saturated carbocycles. The fourth-order valence-electron chi connectivity index (χ4n) is 4.45. The number of hydrogen-bond acceptors (Lipinski definition) is 5. The first-order valence-electron chi connectivity index (χ1n) is 12.4. The maximum absolute atomic E-state index is 13.0. The molecule has 0 unspecified atom stereocenters. The highest BCUT2D eigenvalue weighted by molar-refractivity contribution is 5.88. The highest BCUT2D eigenvalue weighted by Crippen LogP contribution is 2.30. The van der Waals surface area contributed by atoms with Crippen LogP contribution in [0.2, 0.25) is 0 Å².